The van der Waals surface area contributed by atoms with Crippen LogP contribution < -0.4 is 0 Å². The van der Waals surface area contributed by atoms with Crippen molar-refractivity contribution >= 4 is 23.1 Å². The monoisotopic (exact) mass is 418 g/mol. The Kier molecular flexibility index (Phi) is 6.54. The molecule has 0 atom stereocenters. The Bertz CT molecular complexity index is 1050. The minimum absolute atomic E-state index is 0.714. The number of benzene rings is 2. The van der Waals surface area contributed by atoms with Gasteiger partial charge in [0.2, 0.25) is 0 Å². The molecule has 0 radical (unpaired) electrons. The number of hydrogen-bond acceptors (Lipinski definition) is 5. The molecule has 0 aliphatic carbocycles. The molecule has 2 aromatic carbocycles. The Morgan fingerprint density at radius 2 is 1.72 bits per heavy atom. The summed E-state index contributed by atoms with van der Waals surface area (Å²) in [6, 6.07) is 20.8. The van der Waals surface area contributed by atoms with Gasteiger partial charge in [0, 0.05) is 29.7 Å². The quantitative estimate of drug-likeness (QED) is 0.260. The molecule has 0 saturated carbocycles. The third kappa shape index (κ3) is 5.02. The molecule has 2 aromatic heterocycles. The fraction of sp³-hybridized carbons (Fsp3) is 0.174. The molecule has 4 nitrogen and oxygen atoms in total. The van der Waals surface area contributed by atoms with Crippen molar-refractivity contribution in [2.24, 2.45) is 0 Å². The largest absolute Gasteiger partial charge is 0.302 e. The van der Waals surface area contributed by atoms with Gasteiger partial charge < -0.3 is 4.57 Å². The standard InChI is InChI=1S/C23H22N4S2/c1-2-15-27-21(14-13-18-9-5-3-6-10-18)25-26-23(27)29-17-20-16-28-22(24-20)19-11-7-4-8-12-19/h2-12,16H,1,13-15,17H2. The molecule has 0 aliphatic heterocycles. The molecular formula is C23H22N4S2. The van der Waals surface area contributed by atoms with Crippen LogP contribution in [0.2, 0.25) is 0 Å². The highest BCUT2D eigenvalue weighted by atomic mass is 32.2. The molecule has 6 heteroatoms. The van der Waals surface area contributed by atoms with E-state index in [2.05, 4.69) is 63.1 Å². The van der Waals surface area contributed by atoms with Crippen molar-refractivity contribution in [3.05, 3.63) is 95.8 Å². The van der Waals surface area contributed by atoms with Crippen LogP contribution in [0.1, 0.15) is 17.1 Å². The van der Waals surface area contributed by atoms with E-state index in [4.69, 9.17) is 4.98 Å². The molecule has 0 saturated heterocycles. The van der Waals surface area contributed by atoms with E-state index in [9.17, 15) is 0 Å². The zero-order valence-electron chi connectivity index (χ0n) is 16.1. The van der Waals surface area contributed by atoms with Crippen molar-refractivity contribution in [1.82, 2.24) is 19.7 Å². The van der Waals surface area contributed by atoms with Gasteiger partial charge in [-0.3, -0.25) is 0 Å². The summed E-state index contributed by atoms with van der Waals surface area (Å²) in [5, 5.41) is 13.0. The van der Waals surface area contributed by atoms with Crippen molar-refractivity contribution < 1.29 is 0 Å². The Labute approximate surface area is 179 Å². The minimum atomic E-state index is 0.714. The van der Waals surface area contributed by atoms with Gasteiger partial charge in [-0.2, -0.15) is 0 Å². The lowest BCUT2D eigenvalue weighted by molar-refractivity contribution is 0.673. The van der Waals surface area contributed by atoms with Crippen molar-refractivity contribution in [3.63, 3.8) is 0 Å². The summed E-state index contributed by atoms with van der Waals surface area (Å²) in [6.07, 6.45) is 3.71. The fourth-order valence-electron chi connectivity index (χ4n) is 3.05. The minimum Gasteiger partial charge on any atom is -0.302 e. The average Bonchev–Trinajstić information content (AvgIpc) is 3.40. The van der Waals surface area contributed by atoms with Crippen LogP contribution >= 0.6 is 23.1 Å². The molecule has 0 amide bonds. The Balaban J connectivity index is 1.43. The zero-order chi connectivity index (χ0) is 19.9. The van der Waals surface area contributed by atoms with Crippen LogP contribution in [-0.4, -0.2) is 19.7 Å². The Hall–Kier alpha value is -2.70. The number of rotatable bonds is 9. The van der Waals surface area contributed by atoms with Gasteiger partial charge in [-0.25, -0.2) is 4.98 Å². The van der Waals surface area contributed by atoms with E-state index in [1.807, 2.05) is 30.3 Å². The van der Waals surface area contributed by atoms with Crippen LogP contribution in [0.4, 0.5) is 0 Å². The van der Waals surface area contributed by atoms with Gasteiger partial charge in [0.1, 0.15) is 10.8 Å². The number of hydrogen-bond donors (Lipinski definition) is 0. The molecular weight excluding hydrogens is 396 g/mol. The van der Waals surface area contributed by atoms with Crippen LogP contribution in [0.25, 0.3) is 10.6 Å². The van der Waals surface area contributed by atoms with Crippen LogP contribution in [-0.2, 0) is 25.1 Å². The number of thioether (sulfide) groups is 1. The number of thiazole rings is 1. The van der Waals surface area contributed by atoms with Crippen LogP contribution in [0.5, 0.6) is 0 Å². The third-order valence-corrected chi connectivity index (χ3v) is 6.45. The van der Waals surface area contributed by atoms with Gasteiger partial charge >= 0.3 is 0 Å². The first kappa shape index (κ1) is 19.6. The first-order valence-corrected chi connectivity index (χ1v) is 11.4. The molecule has 4 rings (SSSR count). The van der Waals surface area contributed by atoms with Crippen molar-refractivity contribution in [3.8, 4) is 10.6 Å². The second-order valence-corrected chi connectivity index (χ2v) is 8.38. The van der Waals surface area contributed by atoms with E-state index in [0.717, 1.165) is 45.8 Å². The van der Waals surface area contributed by atoms with Gasteiger partial charge in [0.05, 0.1) is 5.69 Å². The van der Waals surface area contributed by atoms with Gasteiger partial charge in [-0.15, -0.1) is 28.1 Å². The molecule has 0 aliphatic rings. The van der Waals surface area contributed by atoms with Crippen molar-refractivity contribution in [1.29, 1.82) is 0 Å². The molecule has 0 spiro atoms. The predicted octanol–water partition coefficient (Wildman–Crippen LogP) is 5.67. The number of aromatic nitrogens is 4. The highest BCUT2D eigenvalue weighted by Gasteiger charge is 2.13. The van der Waals surface area contributed by atoms with E-state index in [1.165, 1.54) is 5.56 Å². The SMILES string of the molecule is C=CCn1c(CCc2ccccc2)nnc1SCc1csc(-c2ccccc2)n1. The van der Waals surface area contributed by atoms with Gasteiger partial charge in [0.15, 0.2) is 5.16 Å². The summed E-state index contributed by atoms with van der Waals surface area (Å²) in [5.74, 6) is 1.77. The van der Waals surface area contributed by atoms with E-state index in [0.29, 0.717) is 6.54 Å². The Morgan fingerprint density at radius 3 is 2.48 bits per heavy atom. The predicted molar refractivity (Wildman–Crippen MR) is 121 cm³/mol. The summed E-state index contributed by atoms with van der Waals surface area (Å²) >= 11 is 3.36. The molecule has 0 N–H and O–H groups in total. The first-order chi connectivity index (χ1) is 14.3. The van der Waals surface area contributed by atoms with Gasteiger partial charge in [0.25, 0.3) is 0 Å². The normalized spacial score (nSPS) is 10.9. The smallest absolute Gasteiger partial charge is 0.191 e. The maximum atomic E-state index is 4.77. The average molecular weight is 419 g/mol. The van der Waals surface area contributed by atoms with Crippen LogP contribution in [0.15, 0.2) is 83.9 Å². The topological polar surface area (TPSA) is 43.6 Å². The van der Waals surface area contributed by atoms with Crippen LogP contribution in [0.3, 0.4) is 0 Å². The summed E-state index contributed by atoms with van der Waals surface area (Å²) < 4.78 is 2.16. The first-order valence-electron chi connectivity index (χ1n) is 9.53. The lowest BCUT2D eigenvalue weighted by Crippen LogP contribution is -2.05. The summed E-state index contributed by atoms with van der Waals surface area (Å²) in [5.41, 5.74) is 3.54. The number of nitrogens with zero attached hydrogens (tertiary/aromatic N) is 4. The van der Waals surface area contributed by atoms with E-state index >= 15 is 0 Å². The number of aryl methyl sites for hydroxylation is 2. The molecule has 0 unspecified atom stereocenters. The molecule has 0 bridgehead atoms. The number of allylic oxidation sites excluding steroid dienone is 1. The summed E-state index contributed by atoms with van der Waals surface area (Å²) in [7, 11) is 0. The molecule has 0 fully saturated rings. The molecule has 29 heavy (non-hydrogen) atoms. The van der Waals surface area contributed by atoms with Gasteiger partial charge in [-0.1, -0.05) is 78.5 Å². The fourth-order valence-corrected chi connectivity index (χ4v) is 4.84. The van der Waals surface area contributed by atoms with Crippen LogP contribution in [0, 0.1) is 0 Å². The zero-order valence-corrected chi connectivity index (χ0v) is 17.7. The van der Waals surface area contributed by atoms with Gasteiger partial charge in [-0.05, 0) is 12.0 Å². The Morgan fingerprint density at radius 1 is 0.966 bits per heavy atom. The highest BCUT2D eigenvalue weighted by molar-refractivity contribution is 7.98. The van der Waals surface area contributed by atoms with E-state index in [-0.39, 0.29) is 0 Å². The lowest BCUT2D eigenvalue weighted by atomic mass is 10.1. The summed E-state index contributed by atoms with van der Waals surface area (Å²) in [4.78, 5) is 4.77. The second kappa shape index (κ2) is 9.67. The molecule has 2 heterocycles. The molecule has 146 valence electrons. The van der Waals surface area contributed by atoms with E-state index < -0.39 is 0 Å². The lowest BCUT2D eigenvalue weighted by Gasteiger charge is -2.07. The maximum absolute atomic E-state index is 4.77. The van der Waals surface area contributed by atoms with Crippen molar-refractivity contribution in [2.75, 3.05) is 0 Å². The van der Waals surface area contributed by atoms with E-state index in [1.54, 1.807) is 23.1 Å². The maximum Gasteiger partial charge on any atom is 0.191 e. The third-order valence-electron chi connectivity index (χ3n) is 4.51. The second-order valence-electron chi connectivity index (χ2n) is 6.58. The molecule has 4 aromatic rings. The van der Waals surface area contributed by atoms with Crippen molar-refractivity contribution in [2.45, 2.75) is 30.3 Å². The summed E-state index contributed by atoms with van der Waals surface area (Å²) in [6.45, 7) is 4.61. The highest BCUT2D eigenvalue weighted by Crippen LogP contribution is 2.27.